The van der Waals surface area contributed by atoms with Crippen LogP contribution in [0.3, 0.4) is 0 Å². The van der Waals surface area contributed by atoms with Crippen LogP contribution in [0.4, 0.5) is 11.8 Å². The molecule has 0 bridgehead atoms. The summed E-state index contributed by atoms with van der Waals surface area (Å²) < 4.78 is 0. The van der Waals surface area contributed by atoms with E-state index in [0.717, 1.165) is 67.4 Å². The predicted molar refractivity (Wildman–Crippen MR) is 100 cm³/mol. The van der Waals surface area contributed by atoms with Crippen LogP contribution < -0.4 is 15.1 Å². The van der Waals surface area contributed by atoms with Gasteiger partial charge in [-0.15, -0.1) is 0 Å². The van der Waals surface area contributed by atoms with Crippen LogP contribution in [0.1, 0.15) is 24.1 Å². The van der Waals surface area contributed by atoms with E-state index in [0.29, 0.717) is 6.04 Å². The van der Waals surface area contributed by atoms with E-state index in [4.69, 9.17) is 4.98 Å². The molecule has 3 aromatic rings. The van der Waals surface area contributed by atoms with Gasteiger partial charge >= 0.3 is 0 Å². The number of anilines is 2. The zero-order valence-electron chi connectivity index (χ0n) is 14.8. The van der Waals surface area contributed by atoms with Crippen LogP contribution in [0.5, 0.6) is 0 Å². The van der Waals surface area contributed by atoms with Crippen molar-refractivity contribution in [2.75, 3.05) is 29.9 Å². The van der Waals surface area contributed by atoms with Gasteiger partial charge in [-0.2, -0.15) is 5.10 Å². The Labute approximate surface area is 151 Å². The van der Waals surface area contributed by atoms with E-state index < -0.39 is 0 Å². The smallest absolute Gasteiger partial charge is 0.226 e. The van der Waals surface area contributed by atoms with Gasteiger partial charge in [0.05, 0.1) is 30.1 Å². The number of hydrogen-bond donors (Lipinski definition) is 2. The topological polar surface area (TPSA) is 85.9 Å². The fourth-order valence-electron chi connectivity index (χ4n) is 3.84. The second-order valence-electron chi connectivity index (χ2n) is 7.09. The molecule has 134 valence electrons. The third-order valence-corrected chi connectivity index (χ3v) is 5.46. The molecule has 0 amide bonds. The Morgan fingerprint density at radius 1 is 1.12 bits per heavy atom. The van der Waals surface area contributed by atoms with E-state index in [9.17, 15) is 0 Å². The molecule has 0 saturated carbocycles. The van der Waals surface area contributed by atoms with Crippen molar-refractivity contribution >= 4 is 22.7 Å². The fraction of sp³-hybridized carbons (Fsp3) is 0.444. The number of pyridine rings is 1. The number of aromatic amines is 1. The van der Waals surface area contributed by atoms with Gasteiger partial charge in [0.25, 0.3) is 0 Å². The minimum atomic E-state index is 0.536. The molecule has 2 N–H and O–H groups in total. The fourth-order valence-corrected chi connectivity index (χ4v) is 3.84. The summed E-state index contributed by atoms with van der Waals surface area (Å²) in [6.07, 6.45) is 7.94. The monoisotopic (exact) mass is 350 g/mol. The van der Waals surface area contributed by atoms with Gasteiger partial charge in [-0.1, -0.05) is 0 Å². The third-order valence-electron chi connectivity index (χ3n) is 5.46. The summed E-state index contributed by atoms with van der Waals surface area (Å²) in [5.41, 5.74) is 3.24. The molecule has 3 aromatic heterocycles. The Morgan fingerprint density at radius 2 is 2.00 bits per heavy atom. The average Bonchev–Trinajstić information content (AvgIpc) is 3.29. The van der Waals surface area contributed by atoms with Gasteiger partial charge in [-0.3, -0.25) is 5.10 Å². The molecule has 0 aliphatic carbocycles. The van der Waals surface area contributed by atoms with Gasteiger partial charge in [0.2, 0.25) is 5.95 Å². The van der Waals surface area contributed by atoms with Crippen LogP contribution in [0.15, 0.2) is 24.7 Å². The lowest BCUT2D eigenvalue weighted by atomic mass is 10.1. The van der Waals surface area contributed by atoms with Crippen molar-refractivity contribution in [3.8, 4) is 0 Å². The second-order valence-corrected chi connectivity index (χ2v) is 7.09. The standard InChI is InChI=1S/C18H22N8/c1-25(14-2-4-19-5-3-14)17-6-12-7-21-18(23-15(12)9-20-17)26-10-13-8-22-24-16(13)11-26/h6-9,14,19H,2-5,10-11H2,1H3,(H,22,24). The van der Waals surface area contributed by atoms with E-state index in [1.165, 1.54) is 5.56 Å². The van der Waals surface area contributed by atoms with Gasteiger partial charge in [-0.25, -0.2) is 15.0 Å². The summed E-state index contributed by atoms with van der Waals surface area (Å²) in [6.45, 7) is 3.71. The molecule has 1 fully saturated rings. The van der Waals surface area contributed by atoms with Crippen molar-refractivity contribution in [2.45, 2.75) is 32.0 Å². The van der Waals surface area contributed by atoms with Crippen molar-refractivity contribution < 1.29 is 0 Å². The first-order valence-electron chi connectivity index (χ1n) is 9.10. The highest BCUT2D eigenvalue weighted by atomic mass is 15.3. The van der Waals surface area contributed by atoms with E-state index in [2.05, 4.69) is 48.4 Å². The Bertz CT molecular complexity index is 909. The molecular weight excluding hydrogens is 328 g/mol. The molecule has 8 nitrogen and oxygen atoms in total. The van der Waals surface area contributed by atoms with Gasteiger partial charge < -0.3 is 15.1 Å². The Hall–Kier alpha value is -2.74. The SMILES string of the molecule is CN(c1cc2cnc(N3Cc4cn[nH]c4C3)nc2cn1)C1CCNCC1. The lowest BCUT2D eigenvalue weighted by Gasteiger charge is -2.32. The number of rotatable bonds is 3. The minimum absolute atomic E-state index is 0.536. The molecule has 2 aliphatic heterocycles. The molecule has 0 spiro atoms. The Balaban J connectivity index is 1.39. The van der Waals surface area contributed by atoms with Crippen LogP contribution in [0.2, 0.25) is 0 Å². The van der Waals surface area contributed by atoms with Crippen molar-refractivity contribution in [3.05, 3.63) is 35.9 Å². The normalized spacial score (nSPS) is 17.7. The summed E-state index contributed by atoms with van der Waals surface area (Å²) in [5, 5.41) is 11.5. The maximum Gasteiger partial charge on any atom is 0.226 e. The zero-order chi connectivity index (χ0) is 17.5. The molecule has 2 aliphatic rings. The zero-order valence-corrected chi connectivity index (χ0v) is 14.8. The Morgan fingerprint density at radius 3 is 2.85 bits per heavy atom. The largest absolute Gasteiger partial charge is 0.357 e. The van der Waals surface area contributed by atoms with E-state index in [1.807, 2.05) is 18.6 Å². The van der Waals surface area contributed by atoms with Crippen molar-refractivity contribution in [3.63, 3.8) is 0 Å². The molecule has 26 heavy (non-hydrogen) atoms. The third kappa shape index (κ3) is 2.66. The first-order chi connectivity index (χ1) is 12.8. The average molecular weight is 350 g/mol. The maximum absolute atomic E-state index is 4.72. The summed E-state index contributed by atoms with van der Waals surface area (Å²) in [5.74, 6) is 1.73. The van der Waals surface area contributed by atoms with E-state index in [1.54, 1.807) is 0 Å². The number of nitrogens with zero attached hydrogens (tertiary/aromatic N) is 6. The van der Waals surface area contributed by atoms with Crippen LogP contribution in [-0.2, 0) is 13.1 Å². The summed E-state index contributed by atoms with van der Waals surface area (Å²) in [6, 6.07) is 2.63. The molecule has 8 heteroatoms. The van der Waals surface area contributed by atoms with Gasteiger partial charge in [0.15, 0.2) is 0 Å². The molecule has 5 rings (SSSR count). The number of nitrogens with one attached hydrogen (secondary N) is 2. The molecule has 5 heterocycles. The number of piperidine rings is 1. The molecule has 0 radical (unpaired) electrons. The van der Waals surface area contributed by atoms with Crippen molar-refractivity contribution in [1.82, 2.24) is 30.5 Å². The molecular formula is C18H22N8. The number of fused-ring (bicyclic) bond motifs is 2. The van der Waals surface area contributed by atoms with Gasteiger partial charge in [0.1, 0.15) is 5.82 Å². The first-order valence-corrected chi connectivity index (χ1v) is 9.10. The predicted octanol–water partition coefficient (Wildman–Crippen LogP) is 1.46. The lowest BCUT2D eigenvalue weighted by molar-refractivity contribution is 0.442. The van der Waals surface area contributed by atoms with Gasteiger partial charge in [0, 0.05) is 36.8 Å². The maximum atomic E-state index is 4.72. The van der Waals surface area contributed by atoms with Gasteiger partial charge in [-0.05, 0) is 32.0 Å². The lowest BCUT2D eigenvalue weighted by Crippen LogP contribution is -2.41. The van der Waals surface area contributed by atoms with Crippen LogP contribution in [0, 0.1) is 0 Å². The number of aromatic nitrogens is 5. The van der Waals surface area contributed by atoms with Crippen LogP contribution in [0.25, 0.3) is 10.9 Å². The minimum Gasteiger partial charge on any atom is -0.357 e. The van der Waals surface area contributed by atoms with Crippen LogP contribution >= 0.6 is 0 Å². The highest BCUT2D eigenvalue weighted by molar-refractivity contribution is 5.80. The Kier molecular flexibility index (Phi) is 3.70. The second kappa shape index (κ2) is 6.21. The van der Waals surface area contributed by atoms with E-state index >= 15 is 0 Å². The summed E-state index contributed by atoms with van der Waals surface area (Å²) in [7, 11) is 2.13. The molecule has 1 saturated heterocycles. The van der Waals surface area contributed by atoms with Crippen LogP contribution in [-0.4, -0.2) is 51.3 Å². The summed E-state index contributed by atoms with van der Waals surface area (Å²) >= 11 is 0. The molecule has 0 atom stereocenters. The highest BCUT2D eigenvalue weighted by Gasteiger charge is 2.23. The highest BCUT2D eigenvalue weighted by Crippen LogP contribution is 2.26. The molecule has 0 unspecified atom stereocenters. The number of hydrogen-bond acceptors (Lipinski definition) is 7. The summed E-state index contributed by atoms with van der Waals surface area (Å²) in [4.78, 5) is 18.4. The van der Waals surface area contributed by atoms with Crippen molar-refractivity contribution in [1.29, 1.82) is 0 Å². The van der Waals surface area contributed by atoms with E-state index in [-0.39, 0.29) is 0 Å². The molecule has 0 aromatic carbocycles. The number of H-pyrrole nitrogens is 1. The first kappa shape index (κ1) is 15.5. The quantitative estimate of drug-likeness (QED) is 0.739. The van der Waals surface area contributed by atoms with Crippen molar-refractivity contribution in [2.24, 2.45) is 0 Å².